The molecule has 31 heavy (non-hydrogen) atoms. The van der Waals surface area contributed by atoms with Crippen molar-refractivity contribution in [1.82, 2.24) is 19.6 Å². The van der Waals surface area contributed by atoms with Crippen LogP contribution >= 0.6 is 0 Å². The van der Waals surface area contributed by atoms with E-state index in [1.807, 2.05) is 24.3 Å². The smallest absolute Gasteiger partial charge is 0.275 e. The molecule has 0 saturated carbocycles. The van der Waals surface area contributed by atoms with Gasteiger partial charge in [-0.25, -0.2) is 4.68 Å². The molecule has 2 aromatic carbocycles. The Kier molecular flexibility index (Phi) is 5.90. The summed E-state index contributed by atoms with van der Waals surface area (Å²) in [5, 5.41) is 5.38. The summed E-state index contributed by atoms with van der Waals surface area (Å²) in [5.74, 6) is 1.46. The first kappa shape index (κ1) is 20.9. The summed E-state index contributed by atoms with van der Waals surface area (Å²) in [6.07, 6.45) is 0. The predicted molar refractivity (Wildman–Crippen MR) is 118 cm³/mol. The summed E-state index contributed by atoms with van der Waals surface area (Å²) in [6, 6.07) is 12.9. The van der Waals surface area contributed by atoms with Crippen molar-refractivity contribution in [1.29, 1.82) is 0 Å². The molecule has 0 spiro atoms. The number of carbonyl (C=O) groups excluding carboxylic acids is 1. The normalized spacial score (nSPS) is 14.6. The fourth-order valence-corrected chi connectivity index (χ4v) is 3.96. The van der Waals surface area contributed by atoms with Gasteiger partial charge >= 0.3 is 0 Å². The number of piperazine rings is 1. The van der Waals surface area contributed by atoms with Gasteiger partial charge in [0.1, 0.15) is 11.5 Å². The summed E-state index contributed by atoms with van der Waals surface area (Å²) < 4.78 is 12.1. The molecule has 3 aromatic rings. The Morgan fingerprint density at radius 1 is 1.00 bits per heavy atom. The predicted octanol–water partition coefficient (Wildman–Crippen LogP) is 1.91. The van der Waals surface area contributed by atoms with Gasteiger partial charge in [-0.15, -0.1) is 0 Å². The van der Waals surface area contributed by atoms with Crippen molar-refractivity contribution in [2.45, 2.75) is 6.54 Å². The largest absolute Gasteiger partial charge is 0.497 e. The number of carbonyl (C=O) groups is 1. The second-order valence-corrected chi connectivity index (χ2v) is 7.57. The van der Waals surface area contributed by atoms with E-state index in [4.69, 9.17) is 9.47 Å². The van der Waals surface area contributed by atoms with Crippen molar-refractivity contribution < 1.29 is 14.3 Å². The van der Waals surface area contributed by atoms with Gasteiger partial charge in [0.15, 0.2) is 5.69 Å². The van der Waals surface area contributed by atoms with Crippen molar-refractivity contribution in [3.8, 4) is 11.5 Å². The van der Waals surface area contributed by atoms with E-state index in [1.165, 1.54) is 4.68 Å². The molecule has 2 heterocycles. The molecule has 1 fully saturated rings. The lowest BCUT2D eigenvalue weighted by Crippen LogP contribution is -2.48. The molecule has 0 radical (unpaired) electrons. The first-order valence-electron chi connectivity index (χ1n) is 10.2. The molecule has 0 aliphatic carbocycles. The van der Waals surface area contributed by atoms with Crippen LogP contribution in [-0.2, 0) is 13.6 Å². The SMILES string of the molecule is COc1ccc(OC)c(CN2CCN(C(=O)c3nn(C)c(=O)c4ccccc34)CC2)c1. The average Bonchev–Trinajstić information content (AvgIpc) is 2.81. The maximum absolute atomic E-state index is 13.2. The van der Waals surface area contributed by atoms with Gasteiger partial charge in [0.25, 0.3) is 11.5 Å². The number of nitrogens with zero attached hydrogens (tertiary/aromatic N) is 4. The first-order valence-corrected chi connectivity index (χ1v) is 10.2. The van der Waals surface area contributed by atoms with E-state index in [-0.39, 0.29) is 11.5 Å². The highest BCUT2D eigenvalue weighted by atomic mass is 16.5. The third-order valence-corrected chi connectivity index (χ3v) is 5.70. The number of aromatic nitrogens is 2. The van der Waals surface area contributed by atoms with E-state index >= 15 is 0 Å². The maximum Gasteiger partial charge on any atom is 0.275 e. The fraction of sp³-hybridized carbons (Fsp3) is 0.348. The number of methoxy groups -OCH3 is 2. The number of ether oxygens (including phenoxy) is 2. The van der Waals surface area contributed by atoms with Gasteiger partial charge in [0.2, 0.25) is 0 Å². The molecule has 4 rings (SSSR count). The highest BCUT2D eigenvalue weighted by Crippen LogP contribution is 2.26. The zero-order chi connectivity index (χ0) is 22.0. The number of hydrogen-bond donors (Lipinski definition) is 0. The third-order valence-electron chi connectivity index (χ3n) is 5.70. The maximum atomic E-state index is 13.2. The van der Waals surface area contributed by atoms with Crippen LogP contribution in [0.1, 0.15) is 16.1 Å². The molecule has 1 saturated heterocycles. The zero-order valence-electron chi connectivity index (χ0n) is 18.0. The Morgan fingerprint density at radius 2 is 1.71 bits per heavy atom. The molecular weight excluding hydrogens is 396 g/mol. The molecular formula is C23H26N4O4. The van der Waals surface area contributed by atoms with Crippen LogP contribution in [-0.4, -0.2) is 65.9 Å². The Bertz CT molecular complexity index is 1170. The van der Waals surface area contributed by atoms with Crippen molar-refractivity contribution >= 4 is 16.7 Å². The van der Waals surface area contributed by atoms with Crippen LogP contribution in [0.2, 0.25) is 0 Å². The molecule has 162 valence electrons. The highest BCUT2D eigenvalue weighted by molar-refractivity contribution is 6.04. The number of aryl methyl sites for hydroxylation is 1. The second kappa shape index (κ2) is 8.77. The number of hydrogen-bond acceptors (Lipinski definition) is 6. The van der Waals surface area contributed by atoms with Crippen LogP contribution in [0.5, 0.6) is 11.5 Å². The van der Waals surface area contributed by atoms with Crippen LogP contribution in [0, 0.1) is 0 Å². The fourth-order valence-electron chi connectivity index (χ4n) is 3.96. The summed E-state index contributed by atoms with van der Waals surface area (Å²) in [7, 11) is 4.88. The van der Waals surface area contributed by atoms with Gasteiger partial charge in [-0.3, -0.25) is 14.5 Å². The standard InChI is InChI=1S/C23H26N4O4/c1-25-22(28)19-7-5-4-6-18(19)21(24-25)23(29)27-12-10-26(11-13-27)15-16-14-17(30-2)8-9-20(16)31-3/h4-9,14H,10-13,15H2,1-3H3. The highest BCUT2D eigenvalue weighted by Gasteiger charge is 2.26. The zero-order valence-corrected chi connectivity index (χ0v) is 18.0. The monoisotopic (exact) mass is 422 g/mol. The number of benzene rings is 2. The topological polar surface area (TPSA) is 76.9 Å². The van der Waals surface area contributed by atoms with Gasteiger partial charge in [-0.05, 0) is 24.3 Å². The van der Waals surface area contributed by atoms with E-state index in [0.717, 1.165) is 30.2 Å². The minimum absolute atomic E-state index is 0.148. The first-order chi connectivity index (χ1) is 15.0. The molecule has 0 atom stereocenters. The Morgan fingerprint density at radius 3 is 2.39 bits per heavy atom. The van der Waals surface area contributed by atoms with Crippen LogP contribution in [0.25, 0.3) is 10.8 Å². The Hall–Kier alpha value is -3.39. The Balaban J connectivity index is 1.49. The molecule has 1 aliphatic rings. The van der Waals surface area contributed by atoms with E-state index < -0.39 is 0 Å². The molecule has 1 aromatic heterocycles. The molecule has 1 amide bonds. The van der Waals surface area contributed by atoms with Crippen molar-refractivity contribution in [2.24, 2.45) is 7.05 Å². The second-order valence-electron chi connectivity index (χ2n) is 7.57. The molecule has 8 heteroatoms. The van der Waals surface area contributed by atoms with Gasteiger partial charge in [0, 0.05) is 50.7 Å². The van der Waals surface area contributed by atoms with Crippen LogP contribution in [0.15, 0.2) is 47.3 Å². The van der Waals surface area contributed by atoms with Gasteiger partial charge < -0.3 is 14.4 Å². The lowest BCUT2D eigenvalue weighted by Gasteiger charge is -2.35. The summed E-state index contributed by atoms with van der Waals surface area (Å²) in [6.45, 7) is 3.35. The number of amides is 1. The van der Waals surface area contributed by atoms with Crippen LogP contribution in [0.4, 0.5) is 0 Å². The summed E-state index contributed by atoms with van der Waals surface area (Å²) in [5.41, 5.74) is 1.16. The number of rotatable bonds is 5. The lowest BCUT2D eigenvalue weighted by atomic mass is 10.1. The molecule has 0 bridgehead atoms. The van der Waals surface area contributed by atoms with Crippen molar-refractivity contribution in [3.63, 3.8) is 0 Å². The minimum atomic E-state index is -0.204. The molecule has 0 unspecified atom stereocenters. The lowest BCUT2D eigenvalue weighted by molar-refractivity contribution is 0.0621. The van der Waals surface area contributed by atoms with E-state index in [0.29, 0.717) is 36.1 Å². The van der Waals surface area contributed by atoms with Gasteiger partial charge in [-0.1, -0.05) is 18.2 Å². The van der Waals surface area contributed by atoms with Crippen LogP contribution < -0.4 is 15.0 Å². The average molecular weight is 422 g/mol. The van der Waals surface area contributed by atoms with Gasteiger partial charge in [-0.2, -0.15) is 5.10 Å². The van der Waals surface area contributed by atoms with E-state index in [9.17, 15) is 9.59 Å². The third kappa shape index (κ3) is 4.11. The quantitative estimate of drug-likeness (QED) is 0.625. The van der Waals surface area contributed by atoms with Crippen molar-refractivity contribution in [2.75, 3.05) is 40.4 Å². The summed E-state index contributed by atoms with van der Waals surface area (Å²) in [4.78, 5) is 29.7. The molecule has 0 N–H and O–H groups in total. The van der Waals surface area contributed by atoms with Crippen LogP contribution in [0.3, 0.4) is 0 Å². The molecule has 8 nitrogen and oxygen atoms in total. The summed E-state index contributed by atoms with van der Waals surface area (Å²) >= 11 is 0. The van der Waals surface area contributed by atoms with E-state index in [1.54, 1.807) is 44.4 Å². The van der Waals surface area contributed by atoms with E-state index in [2.05, 4.69) is 10.00 Å². The Labute approximate surface area is 180 Å². The van der Waals surface area contributed by atoms with Crippen molar-refractivity contribution in [3.05, 3.63) is 64.1 Å². The van der Waals surface area contributed by atoms with Gasteiger partial charge in [0.05, 0.1) is 19.6 Å². The minimum Gasteiger partial charge on any atom is -0.497 e. The number of fused-ring (bicyclic) bond motifs is 1. The molecule has 1 aliphatic heterocycles.